The Hall–Kier alpha value is -0.613. The molecule has 0 radical (unpaired) electrons. The van der Waals surface area contributed by atoms with Gasteiger partial charge in [-0.2, -0.15) is 0 Å². The Bertz CT molecular complexity index is 190. The Morgan fingerprint density at radius 3 is 2.71 bits per heavy atom. The molecule has 0 spiro atoms. The number of carbonyl (C=O) groups is 1. The minimum atomic E-state index is -0.664. The maximum Gasteiger partial charge on any atom is 0.333 e. The van der Waals surface area contributed by atoms with Gasteiger partial charge in [0.25, 0.3) is 0 Å². The van der Waals surface area contributed by atoms with E-state index < -0.39 is 9.76 Å². The molecular formula is C10H20O3Si. The topological polar surface area (TPSA) is 35.5 Å². The average molecular weight is 216 g/mol. The third-order valence-corrected chi connectivity index (χ3v) is 2.97. The van der Waals surface area contributed by atoms with Crippen LogP contribution in [0.15, 0.2) is 11.3 Å². The molecule has 0 fully saturated rings. The highest BCUT2D eigenvalue weighted by atomic mass is 28.2. The van der Waals surface area contributed by atoms with Gasteiger partial charge >= 0.3 is 5.97 Å². The second kappa shape index (κ2) is 8.96. The van der Waals surface area contributed by atoms with E-state index in [1.165, 1.54) is 0 Å². The molecule has 0 saturated carbocycles. The molecule has 0 aliphatic carbocycles. The zero-order valence-corrected chi connectivity index (χ0v) is 10.8. The summed E-state index contributed by atoms with van der Waals surface area (Å²) in [7, 11) is 0.991. The monoisotopic (exact) mass is 216 g/mol. The molecule has 0 bridgehead atoms. The van der Waals surface area contributed by atoms with E-state index in [0.29, 0.717) is 12.2 Å². The van der Waals surface area contributed by atoms with Crippen molar-refractivity contribution in [1.29, 1.82) is 0 Å². The Labute approximate surface area is 88.4 Å². The fourth-order valence-electron chi connectivity index (χ4n) is 0.922. The van der Waals surface area contributed by atoms with Crippen LogP contribution < -0.4 is 0 Å². The first kappa shape index (κ1) is 13.4. The van der Waals surface area contributed by atoms with Crippen molar-refractivity contribution in [2.75, 3.05) is 13.7 Å². The molecule has 0 saturated heterocycles. The van der Waals surface area contributed by atoms with Crippen molar-refractivity contribution >= 4 is 15.7 Å². The highest BCUT2D eigenvalue weighted by Gasteiger charge is 2.04. The Kier molecular flexibility index (Phi) is 8.57. The predicted molar refractivity (Wildman–Crippen MR) is 59.8 cm³/mol. The van der Waals surface area contributed by atoms with Gasteiger partial charge in [-0.05, 0) is 13.3 Å². The maximum absolute atomic E-state index is 11.3. The van der Waals surface area contributed by atoms with Crippen LogP contribution in [0.5, 0.6) is 0 Å². The number of unbranched alkanes of at least 4 members (excludes halogenated alkanes) is 2. The van der Waals surface area contributed by atoms with Gasteiger partial charge in [0.2, 0.25) is 0 Å². The summed E-state index contributed by atoms with van der Waals surface area (Å²) in [5, 5.41) is 0. The van der Waals surface area contributed by atoms with Gasteiger partial charge in [-0.1, -0.05) is 25.5 Å². The lowest BCUT2D eigenvalue weighted by Crippen LogP contribution is -2.08. The molecule has 4 heteroatoms. The van der Waals surface area contributed by atoms with Crippen molar-refractivity contribution in [2.24, 2.45) is 0 Å². The van der Waals surface area contributed by atoms with Crippen LogP contribution in [-0.4, -0.2) is 29.4 Å². The van der Waals surface area contributed by atoms with E-state index in [1.54, 1.807) is 14.0 Å². The number of carbonyl (C=O) groups excluding carboxylic acids is 1. The lowest BCUT2D eigenvalue weighted by atomic mass is 10.3. The van der Waals surface area contributed by atoms with Crippen molar-refractivity contribution in [2.45, 2.75) is 33.1 Å². The van der Waals surface area contributed by atoms with Crippen molar-refractivity contribution in [3.63, 3.8) is 0 Å². The SMILES string of the molecule is CCCCCOC(=O)C(C)=C[SiH2]OC. The summed E-state index contributed by atoms with van der Waals surface area (Å²) in [4.78, 5) is 11.3. The summed E-state index contributed by atoms with van der Waals surface area (Å²) >= 11 is 0. The van der Waals surface area contributed by atoms with Crippen LogP contribution in [0.25, 0.3) is 0 Å². The molecule has 0 aliphatic rings. The highest BCUT2D eigenvalue weighted by molar-refractivity contribution is 6.35. The van der Waals surface area contributed by atoms with E-state index in [-0.39, 0.29) is 5.97 Å². The number of hydrogen-bond acceptors (Lipinski definition) is 3. The summed E-state index contributed by atoms with van der Waals surface area (Å²) in [5.41, 5.74) is 2.54. The third kappa shape index (κ3) is 6.86. The Morgan fingerprint density at radius 1 is 1.43 bits per heavy atom. The summed E-state index contributed by atoms with van der Waals surface area (Å²) in [6.45, 7) is 4.43. The van der Waals surface area contributed by atoms with Crippen LogP contribution in [0.3, 0.4) is 0 Å². The molecule has 0 atom stereocenters. The van der Waals surface area contributed by atoms with E-state index in [0.717, 1.165) is 19.3 Å². The van der Waals surface area contributed by atoms with E-state index in [2.05, 4.69) is 6.92 Å². The number of ether oxygens (including phenoxy) is 1. The molecule has 0 aromatic heterocycles. The Morgan fingerprint density at radius 2 is 2.14 bits per heavy atom. The first-order chi connectivity index (χ1) is 6.72. The van der Waals surface area contributed by atoms with Crippen molar-refractivity contribution in [1.82, 2.24) is 0 Å². The van der Waals surface area contributed by atoms with Crippen LogP contribution in [0.2, 0.25) is 0 Å². The minimum Gasteiger partial charge on any atom is -0.462 e. The molecule has 0 unspecified atom stereocenters. The summed E-state index contributed by atoms with van der Waals surface area (Å²) in [6.07, 6.45) is 3.21. The van der Waals surface area contributed by atoms with Gasteiger partial charge in [-0.3, -0.25) is 0 Å². The van der Waals surface area contributed by atoms with E-state index in [1.807, 2.05) is 5.70 Å². The highest BCUT2D eigenvalue weighted by Crippen LogP contribution is 1.99. The average Bonchev–Trinajstić information content (AvgIpc) is 2.20. The maximum atomic E-state index is 11.3. The van der Waals surface area contributed by atoms with E-state index in [9.17, 15) is 4.79 Å². The molecule has 0 aromatic carbocycles. The van der Waals surface area contributed by atoms with Crippen molar-refractivity contribution in [3.05, 3.63) is 11.3 Å². The Balaban J connectivity index is 3.62. The summed E-state index contributed by atoms with van der Waals surface area (Å²) in [5.74, 6) is -0.203. The van der Waals surface area contributed by atoms with Crippen molar-refractivity contribution in [3.8, 4) is 0 Å². The van der Waals surface area contributed by atoms with E-state index in [4.69, 9.17) is 9.16 Å². The number of esters is 1. The van der Waals surface area contributed by atoms with Gasteiger partial charge in [-0.25, -0.2) is 4.79 Å². The fourth-order valence-corrected chi connectivity index (χ4v) is 1.51. The van der Waals surface area contributed by atoms with E-state index >= 15 is 0 Å². The van der Waals surface area contributed by atoms with Crippen LogP contribution in [0.1, 0.15) is 33.1 Å². The van der Waals surface area contributed by atoms with Gasteiger partial charge in [0, 0.05) is 12.7 Å². The van der Waals surface area contributed by atoms with Gasteiger partial charge < -0.3 is 9.16 Å². The first-order valence-corrected chi connectivity index (χ1v) is 6.44. The van der Waals surface area contributed by atoms with Gasteiger partial charge in [0.1, 0.15) is 0 Å². The third-order valence-electron chi connectivity index (χ3n) is 1.86. The summed E-state index contributed by atoms with van der Waals surface area (Å²) < 4.78 is 10.0. The number of hydrogen-bond donors (Lipinski definition) is 0. The van der Waals surface area contributed by atoms with Crippen molar-refractivity contribution < 1.29 is 14.0 Å². The number of rotatable bonds is 7. The lowest BCUT2D eigenvalue weighted by molar-refractivity contribution is -0.139. The van der Waals surface area contributed by atoms with Crippen LogP contribution in [-0.2, 0) is 14.0 Å². The summed E-state index contributed by atoms with van der Waals surface area (Å²) in [6, 6.07) is 0. The minimum absolute atomic E-state index is 0.203. The smallest absolute Gasteiger partial charge is 0.333 e. The van der Waals surface area contributed by atoms with Gasteiger partial charge in [-0.15, -0.1) is 0 Å². The van der Waals surface area contributed by atoms with Crippen LogP contribution >= 0.6 is 0 Å². The molecule has 14 heavy (non-hydrogen) atoms. The molecule has 82 valence electrons. The fraction of sp³-hybridized carbons (Fsp3) is 0.700. The second-order valence-electron chi connectivity index (χ2n) is 3.19. The zero-order valence-electron chi connectivity index (χ0n) is 9.34. The molecular weight excluding hydrogens is 196 g/mol. The second-order valence-corrected chi connectivity index (χ2v) is 4.50. The zero-order chi connectivity index (χ0) is 10.8. The molecule has 0 rings (SSSR count). The van der Waals surface area contributed by atoms with Crippen LogP contribution in [0.4, 0.5) is 0 Å². The normalized spacial score (nSPS) is 12.4. The van der Waals surface area contributed by atoms with Gasteiger partial charge in [0.05, 0.1) is 6.61 Å². The molecule has 0 heterocycles. The molecule has 0 amide bonds. The standard InChI is InChI=1S/C10H20O3Si/c1-4-5-6-7-13-10(11)9(2)8-14-12-3/h8H,4-7,14H2,1-3H3. The largest absolute Gasteiger partial charge is 0.462 e. The van der Waals surface area contributed by atoms with Gasteiger partial charge in [0.15, 0.2) is 9.76 Å². The van der Waals surface area contributed by atoms with Crippen LogP contribution in [0, 0.1) is 0 Å². The molecule has 0 N–H and O–H groups in total. The lowest BCUT2D eigenvalue weighted by Gasteiger charge is -2.03. The predicted octanol–water partition coefficient (Wildman–Crippen LogP) is 1.35. The molecule has 0 aliphatic heterocycles. The molecule has 3 nitrogen and oxygen atoms in total. The quantitative estimate of drug-likeness (QED) is 0.279. The first-order valence-electron chi connectivity index (χ1n) is 5.05. The molecule has 0 aromatic rings.